The van der Waals surface area contributed by atoms with Gasteiger partial charge in [0, 0.05) is 11.6 Å². The number of aromatic nitrogens is 3. The summed E-state index contributed by atoms with van der Waals surface area (Å²) in [5, 5.41) is 5.30. The third-order valence-corrected chi connectivity index (χ3v) is 4.18. The van der Waals surface area contributed by atoms with E-state index in [9.17, 15) is 0 Å². The molecule has 1 atom stereocenters. The van der Waals surface area contributed by atoms with Gasteiger partial charge < -0.3 is 5.73 Å². The van der Waals surface area contributed by atoms with Gasteiger partial charge in [-0.3, -0.25) is 4.98 Å². The summed E-state index contributed by atoms with van der Waals surface area (Å²) < 4.78 is 4.05. The molecule has 2 heterocycles. The molecule has 0 fully saturated rings. The van der Waals surface area contributed by atoms with Gasteiger partial charge in [0.1, 0.15) is 0 Å². The van der Waals surface area contributed by atoms with E-state index < -0.39 is 0 Å². The van der Waals surface area contributed by atoms with Crippen molar-refractivity contribution in [3.63, 3.8) is 0 Å². The molecule has 20 heavy (non-hydrogen) atoms. The van der Waals surface area contributed by atoms with Crippen LogP contribution in [-0.4, -0.2) is 14.6 Å². The van der Waals surface area contributed by atoms with Gasteiger partial charge in [0.15, 0.2) is 0 Å². The summed E-state index contributed by atoms with van der Waals surface area (Å²) in [7, 11) is 0. The van der Waals surface area contributed by atoms with E-state index in [0.29, 0.717) is 5.92 Å². The van der Waals surface area contributed by atoms with Gasteiger partial charge in [-0.25, -0.2) is 0 Å². The summed E-state index contributed by atoms with van der Waals surface area (Å²) >= 11 is 1.38. The van der Waals surface area contributed by atoms with Crippen LogP contribution >= 0.6 is 11.5 Å². The Kier molecular flexibility index (Phi) is 3.46. The number of hydrogen-bond donors (Lipinski definition) is 1. The quantitative estimate of drug-likeness (QED) is 0.801. The molecule has 4 nitrogen and oxygen atoms in total. The monoisotopic (exact) mass is 284 g/mol. The average Bonchev–Trinajstić information content (AvgIpc) is 2.95. The van der Waals surface area contributed by atoms with E-state index in [1.807, 2.05) is 24.3 Å². The van der Waals surface area contributed by atoms with Crippen LogP contribution in [-0.2, 0) is 0 Å². The zero-order valence-electron chi connectivity index (χ0n) is 11.4. The molecule has 3 rings (SSSR count). The predicted octanol–water partition coefficient (Wildman–Crippen LogP) is 3.26. The van der Waals surface area contributed by atoms with E-state index >= 15 is 0 Å². The minimum absolute atomic E-state index is 0.183. The topological polar surface area (TPSA) is 64.7 Å². The van der Waals surface area contributed by atoms with Crippen LogP contribution in [0.15, 0.2) is 36.5 Å². The highest BCUT2D eigenvalue weighted by atomic mass is 32.1. The number of nitrogens with two attached hydrogens (primary N) is 1. The molecule has 0 aliphatic heterocycles. The van der Waals surface area contributed by atoms with E-state index in [4.69, 9.17) is 5.73 Å². The Morgan fingerprint density at radius 3 is 2.85 bits per heavy atom. The molecular formula is C15H16N4S. The fourth-order valence-electron chi connectivity index (χ4n) is 2.26. The summed E-state index contributed by atoms with van der Waals surface area (Å²) in [6.45, 7) is 4.22. The summed E-state index contributed by atoms with van der Waals surface area (Å²) in [5.74, 6) is 0.330. The molecule has 0 aliphatic rings. The van der Waals surface area contributed by atoms with Gasteiger partial charge >= 0.3 is 0 Å². The molecule has 0 saturated carbocycles. The van der Waals surface area contributed by atoms with Crippen molar-refractivity contribution in [1.29, 1.82) is 0 Å². The van der Waals surface area contributed by atoms with Crippen LogP contribution in [0, 0.1) is 0 Å². The SMILES string of the molecule is CC(C)c1nnsc1C(N)c1ccc2ncccc2c1. The Bertz CT molecular complexity index is 735. The van der Waals surface area contributed by atoms with E-state index in [2.05, 4.69) is 34.5 Å². The molecular weight excluding hydrogens is 268 g/mol. The van der Waals surface area contributed by atoms with Gasteiger partial charge in [-0.15, -0.1) is 5.10 Å². The first-order valence-electron chi connectivity index (χ1n) is 6.59. The molecule has 102 valence electrons. The van der Waals surface area contributed by atoms with Crippen LogP contribution in [0.25, 0.3) is 10.9 Å². The Balaban J connectivity index is 2.03. The van der Waals surface area contributed by atoms with Crippen molar-refractivity contribution in [3.05, 3.63) is 52.7 Å². The first-order valence-corrected chi connectivity index (χ1v) is 7.36. The zero-order valence-corrected chi connectivity index (χ0v) is 12.3. The molecule has 0 saturated heterocycles. The maximum absolute atomic E-state index is 6.40. The summed E-state index contributed by atoms with van der Waals surface area (Å²) in [5.41, 5.74) is 9.44. The summed E-state index contributed by atoms with van der Waals surface area (Å²) in [6, 6.07) is 9.93. The maximum Gasteiger partial charge on any atom is 0.0832 e. The maximum atomic E-state index is 6.40. The first-order chi connectivity index (χ1) is 9.66. The molecule has 2 aromatic heterocycles. The smallest absolute Gasteiger partial charge is 0.0832 e. The zero-order chi connectivity index (χ0) is 14.1. The fraction of sp³-hybridized carbons (Fsp3) is 0.267. The number of fused-ring (bicyclic) bond motifs is 1. The lowest BCUT2D eigenvalue weighted by molar-refractivity contribution is 0.771. The van der Waals surface area contributed by atoms with Gasteiger partial charge in [-0.1, -0.05) is 30.5 Å². The van der Waals surface area contributed by atoms with Crippen LogP contribution in [0.1, 0.15) is 41.9 Å². The Morgan fingerprint density at radius 2 is 2.05 bits per heavy atom. The van der Waals surface area contributed by atoms with Gasteiger partial charge in [-0.05, 0) is 41.2 Å². The van der Waals surface area contributed by atoms with E-state index in [1.165, 1.54) is 11.5 Å². The van der Waals surface area contributed by atoms with Gasteiger partial charge in [0.05, 0.1) is 22.1 Å². The Labute approximate surface area is 121 Å². The lowest BCUT2D eigenvalue weighted by Gasteiger charge is -2.13. The van der Waals surface area contributed by atoms with E-state index in [0.717, 1.165) is 27.0 Å². The third-order valence-electron chi connectivity index (χ3n) is 3.36. The molecule has 3 aromatic rings. The van der Waals surface area contributed by atoms with Crippen molar-refractivity contribution in [2.75, 3.05) is 0 Å². The van der Waals surface area contributed by atoms with E-state index in [-0.39, 0.29) is 6.04 Å². The number of rotatable bonds is 3. The Hall–Kier alpha value is -1.85. The standard InChI is InChI=1S/C15H16N4S/c1-9(2)14-15(20-19-18-14)13(16)11-5-6-12-10(8-11)4-3-7-17-12/h3-9,13H,16H2,1-2H3. The number of nitrogens with zero attached hydrogens (tertiary/aromatic N) is 3. The molecule has 0 aliphatic carbocycles. The average molecular weight is 284 g/mol. The predicted molar refractivity (Wildman–Crippen MR) is 81.8 cm³/mol. The lowest BCUT2D eigenvalue weighted by atomic mass is 9.99. The van der Waals surface area contributed by atoms with Crippen LogP contribution < -0.4 is 5.73 Å². The minimum Gasteiger partial charge on any atom is -0.319 e. The molecule has 0 amide bonds. The highest BCUT2D eigenvalue weighted by molar-refractivity contribution is 7.05. The van der Waals surface area contributed by atoms with Crippen LogP contribution in [0.4, 0.5) is 0 Å². The number of benzene rings is 1. The molecule has 2 N–H and O–H groups in total. The molecule has 0 spiro atoms. The lowest BCUT2D eigenvalue weighted by Crippen LogP contribution is -2.13. The molecule has 1 aromatic carbocycles. The normalized spacial score (nSPS) is 13.0. The van der Waals surface area contributed by atoms with Crippen molar-refractivity contribution in [2.45, 2.75) is 25.8 Å². The summed E-state index contributed by atoms with van der Waals surface area (Å²) in [4.78, 5) is 5.37. The van der Waals surface area contributed by atoms with Crippen LogP contribution in [0.3, 0.4) is 0 Å². The van der Waals surface area contributed by atoms with Crippen molar-refractivity contribution in [3.8, 4) is 0 Å². The largest absolute Gasteiger partial charge is 0.319 e. The molecule has 0 bridgehead atoms. The van der Waals surface area contributed by atoms with Crippen molar-refractivity contribution >= 4 is 22.4 Å². The third kappa shape index (κ3) is 2.30. The second kappa shape index (κ2) is 5.26. The second-order valence-corrected chi connectivity index (χ2v) is 5.90. The highest BCUT2D eigenvalue weighted by Crippen LogP contribution is 2.30. The van der Waals surface area contributed by atoms with Crippen LogP contribution in [0.5, 0.6) is 0 Å². The van der Waals surface area contributed by atoms with Crippen molar-refractivity contribution < 1.29 is 0 Å². The van der Waals surface area contributed by atoms with E-state index in [1.54, 1.807) is 6.20 Å². The molecule has 1 unspecified atom stereocenters. The minimum atomic E-state index is -0.183. The Morgan fingerprint density at radius 1 is 1.20 bits per heavy atom. The first kappa shape index (κ1) is 13.1. The van der Waals surface area contributed by atoms with Gasteiger partial charge in [0.2, 0.25) is 0 Å². The highest BCUT2D eigenvalue weighted by Gasteiger charge is 2.19. The second-order valence-electron chi connectivity index (χ2n) is 5.11. The van der Waals surface area contributed by atoms with Crippen LogP contribution in [0.2, 0.25) is 0 Å². The van der Waals surface area contributed by atoms with Gasteiger partial charge in [-0.2, -0.15) is 0 Å². The number of pyridine rings is 1. The molecule has 5 heteroatoms. The number of hydrogen-bond acceptors (Lipinski definition) is 5. The van der Waals surface area contributed by atoms with Crippen molar-refractivity contribution in [1.82, 2.24) is 14.6 Å². The summed E-state index contributed by atoms with van der Waals surface area (Å²) in [6.07, 6.45) is 1.80. The van der Waals surface area contributed by atoms with Gasteiger partial charge in [0.25, 0.3) is 0 Å². The fourth-order valence-corrected chi connectivity index (χ4v) is 3.10. The molecule has 0 radical (unpaired) electrons. The van der Waals surface area contributed by atoms with Crippen molar-refractivity contribution in [2.24, 2.45) is 5.73 Å².